The number of hydrogen-bond donors (Lipinski definition) is 2. The van der Waals surface area contributed by atoms with Crippen LogP contribution in [0.3, 0.4) is 0 Å². The van der Waals surface area contributed by atoms with Crippen molar-refractivity contribution in [2.24, 2.45) is 0 Å². The van der Waals surface area contributed by atoms with E-state index in [2.05, 4.69) is 10.6 Å². The zero-order valence-electron chi connectivity index (χ0n) is 12.8. The zero-order chi connectivity index (χ0) is 17.5. The number of halogens is 1. The molecule has 0 heterocycles. The predicted molar refractivity (Wildman–Crippen MR) is 98.8 cm³/mol. The number of nitrogens with one attached hydrogen (secondary N) is 2. The Kier molecular flexibility index (Phi) is 6.30. The molecule has 2 aromatic carbocycles. The normalized spacial score (nSPS) is 9.92. The second-order valence-electron chi connectivity index (χ2n) is 4.86. The molecule has 124 valence electrons. The van der Waals surface area contributed by atoms with Crippen LogP contribution in [0.5, 0.6) is 0 Å². The van der Waals surface area contributed by atoms with Gasteiger partial charge in [-0.3, -0.25) is 9.59 Å². The van der Waals surface area contributed by atoms with Gasteiger partial charge < -0.3 is 15.4 Å². The molecule has 2 rings (SSSR count). The van der Waals surface area contributed by atoms with E-state index in [0.29, 0.717) is 16.9 Å². The lowest BCUT2D eigenvalue weighted by atomic mass is 10.2. The molecule has 7 heteroatoms. The van der Waals surface area contributed by atoms with Crippen molar-refractivity contribution in [3.63, 3.8) is 0 Å². The monoisotopic (exact) mass is 438 g/mol. The fourth-order valence-electron chi connectivity index (χ4n) is 1.87. The first kappa shape index (κ1) is 17.9. The largest absolute Gasteiger partial charge is 0.452 e. The first-order valence-corrected chi connectivity index (χ1v) is 8.13. The van der Waals surface area contributed by atoms with Crippen molar-refractivity contribution in [1.29, 1.82) is 0 Å². The Labute approximate surface area is 152 Å². The van der Waals surface area contributed by atoms with Crippen LogP contribution in [0.25, 0.3) is 0 Å². The van der Waals surface area contributed by atoms with Crippen LogP contribution in [0.15, 0.2) is 48.5 Å². The molecule has 0 spiro atoms. The van der Waals surface area contributed by atoms with Crippen LogP contribution >= 0.6 is 22.6 Å². The Morgan fingerprint density at radius 2 is 1.54 bits per heavy atom. The number of ether oxygens (including phenoxy) is 1. The number of benzene rings is 2. The third kappa shape index (κ3) is 5.34. The van der Waals surface area contributed by atoms with Gasteiger partial charge in [0.25, 0.3) is 5.91 Å². The van der Waals surface area contributed by atoms with Crippen molar-refractivity contribution >= 4 is 51.7 Å². The van der Waals surface area contributed by atoms with Crippen LogP contribution in [0.4, 0.5) is 11.4 Å². The van der Waals surface area contributed by atoms with Gasteiger partial charge in [0.05, 0.1) is 5.56 Å². The maximum Gasteiger partial charge on any atom is 0.339 e. The van der Waals surface area contributed by atoms with E-state index in [1.807, 2.05) is 28.7 Å². The molecule has 0 unspecified atom stereocenters. The summed E-state index contributed by atoms with van der Waals surface area (Å²) in [6.45, 7) is 1.04. The summed E-state index contributed by atoms with van der Waals surface area (Å²) in [7, 11) is 0. The Bertz CT molecular complexity index is 759. The Balaban J connectivity index is 1.86. The molecule has 6 nitrogen and oxygen atoms in total. The fourth-order valence-corrected chi connectivity index (χ4v) is 2.48. The van der Waals surface area contributed by atoms with Gasteiger partial charge in [-0.15, -0.1) is 0 Å². The van der Waals surface area contributed by atoms with E-state index in [0.717, 1.165) is 3.57 Å². The van der Waals surface area contributed by atoms with Gasteiger partial charge in [-0.1, -0.05) is 12.1 Å². The Hall–Kier alpha value is -2.42. The lowest BCUT2D eigenvalue weighted by molar-refractivity contribution is -0.119. The lowest BCUT2D eigenvalue weighted by Gasteiger charge is -2.08. The highest BCUT2D eigenvalue weighted by molar-refractivity contribution is 14.1. The molecule has 0 saturated carbocycles. The highest BCUT2D eigenvalue weighted by Crippen LogP contribution is 2.14. The zero-order valence-corrected chi connectivity index (χ0v) is 15.0. The number of anilines is 2. The molecule has 0 aromatic heterocycles. The number of esters is 1. The molecule has 2 aromatic rings. The molecular weight excluding hydrogens is 423 g/mol. The third-order valence-corrected chi connectivity index (χ3v) is 3.86. The third-order valence-electron chi connectivity index (χ3n) is 2.92. The number of carbonyl (C=O) groups is 3. The molecule has 0 fully saturated rings. The summed E-state index contributed by atoms with van der Waals surface area (Å²) in [5.74, 6) is -1.16. The first-order valence-electron chi connectivity index (χ1n) is 7.05. The van der Waals surface area contributed by atoms with E-state index in [1.165, 1.54) is 6.92 Å². The molecule has 2 amide bonds. The van der Waals surface area contributed by atoms with Gasteiger partial charge in [-0.05, 0) is 59.0 Å². The van der Waals surface area contributed by atoms with E-state index in [9.17, 15) is 14.4 Å². The van der Waals surface area contributed by atoms with Crippen molar-refractivity contribution in [1.82, 2.24) is 0 Å². The molecule has 24 heavy (non-hydrogen) atoms. The minimum atomic E-state index is -0.545. The van der Waals surface area contributed by atoms with Crippen LogP contribution in [0.2, 0.25) is 0 Å². The van der Waals surface area contributed by atoms with Crippen LogP contribution in [-0.4, -0.2) is 24.4 Å². The number of amides is 2. The van der Waals surface area contributed by atoms with Crippen molar-refractivity contribution in [2.45, 2.75) is 6.92 Å². The first-order chi connectivity index (χ1) is 11.5. The van der Waals surface area contributed by atoms with Gasteiger partial charge >= 0.3 is 5.97 Å². The fraction of sp³-hybridized carbons (Fsp3) is 0.118. The Morgan fingerprint density at radius 3 is 2.12 bits per heavy atom. The van der Waals surface area contributed by atoms with Gasteiger partial charge in [0.15, 0.2) is 6.61 Å². The summed E-state index contributed by atoms with van der Waals surface area (Å²) in [6, 6.07) is 13.6. The molecule has 2 N–H and O–H groups in total. The standard InChI is InChI=1S/C17H15IN2O4/c1-11(21)19-12-6-8-13(9-7-12)20-16(22)10-24-17(23)14-4-2-3-5-15(14)18/h2-9H,10H2,1H3,(H,19,21)(H,20,22). The van der Waals surface area contributed by atoms with Crippen LogP contribution in [-0.2, 0) is 14.3 Å². The molecule has 0 aliphatic carbocycles. The second kappa shape index (κ2) is 8.44. The molecule has 0 radical (unpaired) electrons. The summed E-state index contributed by atoms with van der Waals surface area (Å²) in [5, 5.41) is 5.24. The smallest absolute Gasteiger partial charge is 0.339 e. The summed E-state index contributed by atoms with van der Waals surface area (Å²) in [6.07, 6.45) is 0. The molecule has 0 bridgehead atoms. The van der Waals surface area contributed by atoms with Crippen LogP contribution in [0, 0.1) is 3.57 Å². The second-order valence-corrected chi connectivity index (χ2v) is 6.02. The van der Waals surface area contributed by atoms with Gasteiger partial charge in [0.2, 0.25) is 5.91 Å². The Morgan fingerprint density at radius 1 is 0.958 bits per heavy atom. The molecule has 0 aliphatic rings. The molecular formula is C17H15IN2O4. The number of carbonyl (C=O) groups excluding carboxylic acids is 3. The maximum atomic E-state index is 11.9. The van der Waals surface area contributed by atoms with E-state index in [1.54, 1.807) is 42.5 Å². The van der Waals surface area contributed by atoms with Gasteiger partial charge in [-0.25, -0.2) is 4.79 Å². The SMILES string of the molecule is CC(=O)Nc1ccc(NC(=O)COC(=O)c2ccccc2I)cc1. The van der Waals surface area contributed by atoms with Crippen molar-refractivity contribution in [2.75, 3.05) is 17.2 Å². The van der Waals surface area contributed by atoms with E-state index >= 15 is 0 Å². The van der Waals surface area contributed by atoms with E-state index in [4.69, 9.17) is 4.74 Å². The van der Waals surface area contributed by atoms with Crippen LogP contribution in [0.1, 0.15) is 17.3 Å². The predicted octanol–water partition coefficient (Wildman–Crippen LogP) is 3.05. The molecule has 0 atom stereocenters. The minimum Gasteiger partial charge on any atom is -0.452 e. The van der Waals surface area contributed by atoms with Gasteiger partial charge in [0.1, 0.15) is 0 Å². The molecule has 0 saturated heterocycles. The summed E-state index contributed by atoms with van der Waals surface area (Å²) >= 11 is 2.03. The summed E-state index contributed by atoms with van der Waals surface area (Å²) in [4.78, 5) is 34.7. The number of hydrogen-bond acceptors (Lipinski definition) is 4. The summed E-state index contributed by atoms with van der Waals surface area (Å²) in [5.41, 5.74) is 1.59. The average molecular weight is 438 g/mol. The lowest BCUT2D eigenvalue weighted by Crippen LogP contribution is -2.21. The van der Waals surface area contributed by atoms with Gasteiger partial charge in [0, 0.05) is 21.9 Å². The van der Waals surface area contributed by atoms with Gasteiger partial charge in [-0.2, -0.15) is 0 Å². The highest BCUT2D eigenvalue weighted by atomic mass is 127. The minimum absolute atomic E-state index is 0.172. The van der Waals surface area contributed by atoms with Crippen molar-refractivity contribution < 1.29 is 19.1 Å². The van der Waals surface area contributed by atoms with E-state index < -0.39 is 11.9 Å². The topological polar surface area (TPSA) is 84.5 Å². The maximum absolute atomic E-state index is 11.9. The number of rotatable bonds is 5. The van der Waals surface area contributed by atoms with Crippen molar-refractivity contribution in [3.05, 3.63) is 57.7 Å². The average Bonchev–Trinajstić information content (AvgIpc) is 2.54. The van der Waals surface area contributed by atoms with Crippen LogP contribution < -0.4 is 10.6 Å². The van der Waals surface area contributed by atoms with Crippen molar-refractivity contribution in [3.8, 4) is 0 Å². The van der Waals surface area contributed by atoms with E-state index in [-0.39, 0.29) is 12.5 Å². The highest BCUT2D eigenvalue weighted by Gasteiger charge is 2.12. The summed E-state index contributed by atoms with van der Waals surface area (Å²) < 4.78 is 5.76. The quantitative estimate of drug-likeness (QED) is 0.556. The molecule has 0 aliphatic heterocycles.